The summed E-state index contributed by atoms with van der Waals surface area (Å²) in [6.07, 6.45) is 4.42. The molecular formula is C15H24N2O4. The first kappa shape index (κ1) is 15.8. The Balaban J connectivity index is 1.69. The van der Waals surface area contributed by atoms with Crippen molar-refractivity contribution in [3.63, 3.8) is 0 Å². The number of hydrogen-bond acceptors (Lipinski definition) is 4. The van der Waals surface area contributed by atoms with E-state index in [4.69, 9.17) is 4.74 Å². The van der Waals surface area contributed by atoms with Crippen LogP contribution in [-0.2, 0) is 19.1 Å². The Morgan fingerprint density at radius 1 is 1.24 bits per heavy atom. The second-order valence-electron chi connectivity index (χ2n) is 5.66. The van der Waals surface area contributed by atoms with E-state index < -0.39 is 0 Å². The Bertz CT molecular complexity index is 406. The van der Waals surface area contributed by atoms with Gasteiger partial charge in [0.2, 0.25) is 11.8 Å². The Labute approximate surface area is 125 Å². The number of hydrogen-bond donors (Lipinski definition) is 1. The summed E-state index contributed by atoms with van der Waals surface area (Å²) < 4.78 is 4.83. The fourth-order valence-electron chi connectivity index (χ4n) is 2.66. The Hall–Kier alpha value is -1.59. The molecular weight excluding hydrogens is 272 g/mol. The molecule has 1 unspecified atom stereocenters. The van der Waals surface area contributed by atoms with E-state index in [9.17, 15) is 14.4 Å². The standard InChI is InChI=1S/C15H24N2O4/c1-2-21-13(18)6-3-9-16-14(19)12-5-4-10-17(12)15(20)11-7-8-11/h11-12H,2-10H2,1H3,(H,16,19). The summed E-state index contributed by atoms with van der Waals surface area (Å²) in [4.78, 5) is 37.2. The molecule has 1 aliphatic heterocycles. The first-order chi connectivity index (χ1) is 10.1. The lowest BCUT2D eigenvalue weighted by Crippen LogP contribution is -2.46. The van der Waals surface area contributed by atoms with Crippen molar-refractivity contribution in [1.82, 2.24) is 10.2 Å². The van der Waals surface area contributed by atoms with Crippen molar-refractivity contribution in [2.45, 2.75) is 51.5 Å². The largest absolute Gasteiger partial charge is 0.466 e. The third-order valence-electron chi connectivity index (χ3n) is 3.93. The van der Waals surface area contributed by atoms with E-state index in [2.05, 4.69) is 5.32 Å². The lowest BCUT2D eigenvalue weighted by atomic mass is 10.2. The maximum Gasteiger partial charge on any atom is 0.305 e. The summed E-state index contributed by atoms with van der Waals surface area (Å²) >= 11 is 0. The summed E-state index contributed by atoms with van der Waals surface area (Å²) in [7, 11) is 0. The number of amides is 2. The van der Waals surface area contributed by atoms with Crippen LogP contribution in [0.25, 0.3) is 0 Å². The second kappa shape index (κ2) is 7.43. The minimum atomic E-state index is -0.319. The number of nitrogens with zero attached hydrogens (tertiary/aromatic N) is 1. The maximum absolute atomic E-state index is 12.2. The van der Waals surface area contributed by atoms with Gasteiger partial charge in [-0.2, -0.15) is 0 Å². The number of carbonyl (C=O) groups is 3. The van der Waals surface area contributed by atoms with Crippen molar-refractivity contribution in [2.24, 2.45) is 5.92 Å². The van der Waals surface area contributed by atoms with Crippen LogP contribution in [0.4, 0.5) is 0 Å². The number of ether oxygens (including phenoxy) is 1. The van der Waals surface area contributed by atoms with Gasteiger partial charge in [0.1, 0.15) is 6.04 Å². The summed E-state index contributed by atoms with van der Waals surface area (Å²) in [6.45, 7) is 3.28. The number of carbonyl (C=O) groups excluding carboxylic acids is 3. The molecule has 0 bridgehead atoms. The zero-order valence-electron chi connectivity index (χ0n) is 12.6. The minimum absolute atomic E-state index is 0.0923. The molecule has 1 heterocycles. The van der Waals surface area contributed by atoms with Crippen molar-refractivity contribution in [2.75, 3.05) is 19.7 Å². The van der Waals surface area contributed by atoms with Crippen LogP contribution in [0.3, 0.4) is 0 Å². The average Bonchev–Trinajstić information content (AvgIpc) is 3.19. The fourth-order valence-corrected chi connectivity index (χ4v) is 2.66. The van der Waals surface area contributed by atoms with Crippen molar-refractivity contribution in [1.29, 1.82) is 0 Å². The molecule has 2 amide bonds. The number of nitrogens with one attached hydrogen (secondary N) is 1. The quantitative estimate of drug-likeness (QED) is 0.558. The lowest BCUT2D eigenvalue weighted by Gasteiger charge is -2.24. The highest BCUT2D eigenvalue weighted by molar-refractivity contribution is 5.90. The summed E-state index contributed by atoms with van der Waals surface area (Å²) in [6, 6.07) is -0.319. The van der Waals surface area contributed by atoms with Crippen LogP contribution in [0.2, 0.25) is 0 Å². The van der Waals surface area contributed by atoms with Gasteiger partial charge >= 0.3 is 5.97 Å². The SMILES string of the molecule is CCOC(=O)CCCNC(=O)C1CCCN1C(=O)C1CC1. The van der Waals surface area contributed by atoms with Gasteiger partial charge in [-0.3, -0.25) is 14.4 Å². The molecule has 2 aliphatic rings. The second-order valence-corrected chi connectivity index (χ2v) is 5.66. The first-order valence-corrected chi connectivity index (χ1v) is 7.87. The van der Waals surface area contributed by atoms with Gasteiger partial charge in [0, 0.05) is 25.4 Å². The summed E-state index contributed by atoms with van der Waals surface area (Å²) in [5, 5.41) is 2.83. The highest BCUT2D eigenvalue weighted by Crippen LogP contribution is 2.33. The van der Waals surface area contributed by atoms with Gasteiger partial charge in [0.05, 0.1) is 6.61 Å². The summed E-state index contributed by atoms with van der Waals surface area (Å²) in [5.41, 5.74) is 0. The van der Waals surface area contributed by atoms with Crippen LogP contribution in [0.15, 0.2) is 0 Å². The third-order valence-corrected chi connectivity index (χ3v) is 3.93. The van der Waals surface area contributed by atoms with Gasteiger partial charge in [-0.1, -0.05) is 0 Å². The normalized spacial score (nSPS) is 21.2. The van der Waals surface area contributed by atoms with Gasteiger partial charge in [-0.15, -0.1) is 0 Å². The van der Waals surface area contributed by atoms with Crippen LogP contribution in [0.1, 0.15) is 45.4 Å². The average molecular weight is 296 g/mol. The number of likely N-dealkylation sites (tertiary alicyclic amines) is 1. The molecule has 1 N–H and O–H groups in total. The topological polar surface area (TPSA) is 75.7 Å². The van der Waals surface area contributed by atoms with E-state index in [0.717, 1.165) is 25.7 Å². The Morgan fingerprint density at radius 2 is 2.00 bits per heavy atom. The van der Waals surface area contributed by atoms with E-state index in [1.54, 1.807) is 11.8 Å². The third kappa shape index (κ3) is 4.44. The zero-order valence-corrected chi connectivity index (χ0v) is 12.6. The predicted octanol–water partition coefficient (Wildman–Crippen LogP) is 0.847. The van der Waals surface area contributed by atoms with Gasteiger partial charge in [-0.25, -0.2) is 0 Å². The molecule has 1 saturated carbocycles. The molecule has 2 fully saturated rings. The van der Waals surface area contributed by atoms with E-state index in [1.165, 1.54) is 0 Å². The molecule has 6 nitrogen and oxygen atoms in total. The predicted molar refractivity (Wildman–Crippen MR) is 76.3 cm³/mol. The van der Waals surface area contributed by atoms with Gasteiger partial charge in [0.25, 0.3) is 0 Å². The van der Waals surface area contributed by atoms with Crippen molar-refractivity contribution < 1.29 is 19.1 Å². The maximum atomic E-state index is 12.2. The van der Waals surface area contributed by atoms with Crippen LogP contribution in [-0.4, -0.2) is 48.4 Å². The van der Waals surface area contributed by atoms with E-state index in [0.29, 0.717) is 32.5 Å². The molecule has 0 aromatic rings. The summed E-state index contributed by atoms with van der Waals surface area (Å²) in [5.74, 6) is -0.0371. The fraction of sp³-hybridized carbons (Fsp3) is 0.800. The molecule has 0 spiro atoms. The molecule has 0 aromatic heterocycles. The Morgan fingerprint density at radius 3 is 2.67 bits per heavy atom. The number of rotatable bonds is 7. The van der Waals surface area contributed by atoms with Gasteiger partial charge in [0.15, 0.2) is 0 Å². The molecule has 1 saturated heterocycles. The smallest absolute Gasteiger partial charge is 0.305 e. The van der Waals surface area contributed by atoms with Crippen LogP contribution >= 0.6 is 0 Å². The molecule has 0 aromatic carbocycles. The zero-order chi connectivity index (χ0) is 15.2. The van der Waals surface area contributed by atoms with Gasteiger partial charge in [-0.05, 0) is 39.0 Å². The molecule has 21 heavy (non-hydrogen) atoms. The molecule has 1 atom stereocenters. The first-order valence-electron chi connectivity index (χ1n) is 7.87. The minimum Gasteiger partial charge on any atom is -0.466 e. The van der Waals surface area contributed by atoms with E-state index in [-0.39, 0.29) is 29.7 Å². The monoisotopic (exact) mass is 296 g/mol. The van der Waals surface area contributed by atoms with Gasteiger partial charge < -0.3 is 15.0 Å². The Kier molecular flexibility index (Phi) is 5.59. The van der Waals surface area contributed by atoms with Crippen LogP contribution in [0, 0.1) is 5.92 Å². The molecule has 2 rings (SSSR count). The van der Waals surface area contributed by atoms with E-state index in [1.807, 2.05) is 0 Å². The molecule has 0 radical (unpaired) electrons. The highest BCUT2D eigenvalue weighted by atomic mass is 16.5. The molecule has 6 heteroatoms. The van der Waals surface area contributed by atoms with Crippen LogP contribution < -0.4 is 5.32 Å². The molecule has 118 valence electrons. The number of esters is 1. The van der Waals surface area contributed by atoms with Crippen molar-refractivity contribution in [3.05, 3.63) is 0 Å². The van der Waals surface area contributed by atoms with E-state index >= 15 is 0 Å². The van der Waals surface area contributed by atoms with Crippen LogP contribution in [0.5, 0.6) is 0 Å². The van der Waals surface area contributed by atoms with Crippen molar-refractivity contribution >= 4 is 17.8 Å². The van der Waals surface area contributed by atoms with Crippen molar-refractivity contribution in [3.8, 4) is 0 Å². The lowest BCUT2D eigenvalue weighted by molar-refractivity contribution is -0.143. The highest BCUT2D eigenvalue weighted by Gasteiger charge is 2.40. The molecule has 1 aliphatic carbocycles.